The minimum Gasteiger partial charge on any atom is -0.326 e. The summed E-state index contributed by atoms with van der Waals surface area (Å²) in [5, 5.41) is 6.36. The first kappa shape index (κ1) is 7.12. The third kappa shape index (κ3) is 1.02. The van der Waals surface area contributed by atoms with Gasteiger partial charge in [-0.05, 0) is 17.7 Å². The first-order chi connectivity index (χ1) is 5.79. The molecule has 1 aliphatic rings. The van der Waals surface area contributed by atoms with E-state index in [0.717, 1.165) is 11.3 Å². The molecule has 0 spiro atoms. The fraction of sp³-hybridized carbons (Fsp3) is 0.125. The van der Waals surface area contributed by atoms with Gasteiger partial charge in [0.25, 0.3) is 0 Å². The van der Waals surface area contributed by atoms with Crippen LogP contribution >= 0.6 is 0 Å². The second-order valence-electron chi connectivity index (χ2n) is 2.60. The van der Waals surface area contributed by atoms with Crippen LogP contribution in [0.15, 0.2) is 18.2 Å². The quantitative estimate of drug-likeness (QED) is 0.644. The maximum absolute atomic E-state index is 10.8. The number of benzene rings is 1. The Morgan fingerprint density at radius 3 is 3.08 bits per heavy atom. The van der Waals surface area contributed by atoms with Crippen molar-refractivity contribution in [1.82, 2.24) is 5.32 Å². The molecule has 0 atom stereocenters. The van der Waals surface area contributed by atoms with Gasteiger partial charge in [-0.2, -0.15) is 5.32 Å². The lowest BCUT2D eigenvalue weighted by Crippen LogP contribution is -2.08. The maximum Gasteiger partial charge on any atom is 0.346 e. The van der Waals surface area contributed by atoms with E-state index < -0.39 is 0 Å². The molecule has 1 radical (unpaired) electrons. The summed E-state index contributed by atoms with van der Waals surface area (Å²) < 4.78 is 0. The first-order valence-corrected chi connectivity index (χ1v) is 3.65. The summed E-state index contributed by atoms with van der Waals surface area (Å²) in [5.74, 6) is 0. The Bertz CT molecular complexity index is 335. The Hall–Kier alpha value is -1.55. The SMILES string of the molecule is NCc1ccc2c(c1)[N]C(=O)N2. The average Bonchev–Trinajstić information content (AvgIpc) is 2.43. The van der Waals surface area contributed by atoms with Crippen LogP contribution in [0.4, 0.5) is 16.2 Å². The van der Waals surface area contributed by atoms with Gasteiger partial charge in [0.15, 0.2) is 0 Å². The van der Waals surface area contributed by atoms with E-state index >= 15 is 0 Å². The van der Waals surface area contributed by atoms with Crippen molar-refractivity contribution in [3.8, 4) is 0 Å². The molecule has 0 fully saturated rings. The molecule has 61 valence electrons. The third-order valence-corrected chi connectivity index (χ3v) is 1.76. The maximum atomic E-state index is 10.8. The van der Waals surface area contributed by atoms with Gasteiger partial charge in [-0.25, -0.2) is 4.79 Å². The van der Waals surface area contributed by atoms with Gasteiger partial charge >= 0.3 is 6.03 Å². The number of amides is 2. The van der Waals surface area contributed by atoms with E-state index in [1.807, 2.05) is 18.2 Å². The van der Waals surface area contributed by atoms with Crippen LogP contribution in [0.1, 0.15) is 5.56 Å². The normalized spacial score (nSPS) is 13.6. The van der Waals surface area contributed by atoms with Crippen LogP contribution in [0.5, 0.6) is 0 Å². The van der Waals surface area contributed by atoms with Crippen LogP contribution in [0.3, 0.4) is 0 Å². The topological polar surface area (TPSA) is 69.2 Å². The van der Waals surface area contributed by atoms with E-state index in [4.69, 9.17) is 5.73 Å². The van der Waals surface area contributed by atoms with Crippen molar-refractivity contribution in [2.75, 3.05) is 5.32 Å². The number of urea groups is 1. The predicted octanol–water partition coefficient (Wildman–Crippen LogP) is 0.927. The molecule has 1 aliphatic heterocycles. The molecular formula is C8H8N3O. The van der Waals surface area contributed by atoms with E-state index in [0.29, 0.717) is 12.2 Å². The van der Waals surface area contributed by atoms with Gasteiger partial charge in [-0.1, -0.05) is 6.07 Å². The Morgan fingerprint density at radius 1 is 1.50 bits per heavy atom. The van der Waals surface area contributed by atoms with Crippen molar-refractivity contribution in [2.24, 2.45) is 5.73 Å². The number of carbonyl (C=O) groups is 1. The lowest BCUT2D eigenvalue weighted by atomic mass is 10.2. The van der Waals surface area contributed by atoms with Crippen molar-refractivity contribution < 1.29 is 4.79 Å². The van der Waals surface area contributed by atoms with Gasteiger partial charge in [0.1, 0.15) is 0 Å². The van der Waals surface area contributed by atoms with Crippen LogP contribution in [-0.2, 0) is 6.54 Å². The lowest BCUT2D eigenvalue weighted by molar-refractivity contribution is 0.256. The van der Waals surface area contributed by atoms with Crippen LogP contribution in [-0.4, -0.2) is 6.03 Å². The van der Waals surface area contributed by atoms with Gasteiger partial charge in [0, 0.05) is 6.54 Å². The van der Waals surface area contributed by atoms with Crippen LogP contribution in [0, 0.1) is 0 Å². The fourth-order valence-electron chi connectivity index (χ4n) is 1.15. The van der Waals surface area contributed by atoms with Crippen LogP contribution < -0.4 is 16.4 Å². The van der Waals surface area contributed by atoms with Crippen LogP contribution in [0.25, 0.3) is 0 Å². The molecule has 0 saturated carbocycles. The number of nitrogens with two attached hydrogens (primary N) is 1. The molecule has 1 aromatic rings. The molecule has 0 bridgehead atoms. The van der Waals surface area contributed by atoms with Gasteiger partial charge in [0.2, 0.25) is 0 Å². The van der Waals surface area contributed by atoms with Crippen LogP contribution in [0.2, 0.25) is 0 Å². The summed E-state index contributed by atoms with van der Waals surface area (Å²) in [6.07, 6.45) is 0. The Labute approximate surface area is 69.8 Å². The number of anilines is 1. The number of rotatable bonds is 1. The molecule has 4 heteroatoms. The summed E-state index contributed by atoms with van der Waals surface area (Å²) in [6, 6.07) is 5.19. The molecular weight excluding hydrogens is 154 g/mol. The second-order valence-corrected chi connectivity index (χ2v) is 2.60. The van der Waals surface area contributed by atoms with E-state index in [9.17, 15) is 4.79 Å². The van der Waals surface area contributed by atoms with Gasteiger partial charge in [-0.3, -0.25) is 0 Å². The van der Waals surface area contributed by atoms with Crippen molar-refractivity contribution in [1.29, 1.82) is 0 Å². The molecule has 12 heavy (non-hydrogen) atoms. The smallest absolute Gasteiger partial charge is 0.326 e. The second kappa shape index (κ2) is 2.49. The summed E-state index contributed by atoms with van der Waals surface area (Å²) >= 11 is 0. The highest BCUT2D eigenvalue weighted by atomic mass is 16.2. The molecule has 2 amide bonds. The van der Waals surface area contributed by atoms with Crippen molar-refractivity contribution >= 4 is 17.4 Å². The van der Waals surface area contributed by atoms with E-state index in [1.54, 1.807) is 0 Å². The number of carbonyl (C=O) groups excluding carboxylic acids is 1. The van der Waals surface area contributed by atoms with E-state index in [2.05, 4.69) is 10.6 Å². The van der Waals surface area contributed by atoms with Gasteiger partial charge in [-0.15, -0.1) is 0 Å². The largest absolute Gasteiger partial charge is 0.346 e. The van der Waals surface area contributed by atoms with E-state index in [-0.39, 0.29) is 6.03 Å². The Balaban J connectivity index is 2.41. The molecule has 2 rings (SSSR count). The zero-order valence-electron chi connectivity index (χ0n) is 6.37. The monoisotopic (exact) mass is 162 g/mol. The summed E-state index contributed by atoms with van der Waals surface area (Å²) in [5.41, 5.74) is 7.86. The standard InChI is InChI=1S/C8H8N3O/c9-4-5-1-2-6-7(3-5)11-8(12)10-6/h1-3H,4,9H2,(H,10,12). The minimum absolute atomic E-state index is 0.306. The summed E-state index contributed by atoms with van der Waals surface area (Å²) in [7, 11) is 0. The Kier molecular flexibility index (Phi) is 1.48. The lowest BCUT2D eigenvalue weighted by Gasteiger charge is -1.98. The average molecular weight is 162 g/mol. The molecule has 3 N–H and O–H groups in total. The van der Waals surface area contributed by atoms with Crippen molar-refractivity contribution in [3.63, 3.8) is 0 Å². The fourth-order valence-corrected chi connectivity index (χ4v) is 1.15. The number of hydrogen-bond acceptors (Lipinski definition) is 2. The third-order valence-electron chi connectivity index (χ3n) is 1.76. The first-order valence-electron chi connectivity index (χ1n) is 3.65. The molecule has 0 unspecified atom stereocenters. The van der Waals surface area contributed by atoms with E-state index in [1.165, 1.54) is 0 Å². The molecule has 0 aromatic heterocycles. The zero-order chi connectivity index (χ0) is 8.55. The van der Waals surface area contributed by atoms with Crippen molar-refractivity contribution in [2.45, 2.75) is 6.54 Å². The number of nitrogens with one attached hydrogen (secondary N) is 1. The number of fused-ring (bicyclic) bond motifs is 1. The number of nitrogens with zero attached hydrogens (tertiary/aromatic N) is 1. The molecule has 4 nitrogen and oxygen atoms in total. The summed E-state index contributed by atoms with van der Waals surface area (Å²) in [6.45, 7) is 0.469. The summed E-state index contributed by atoms with van der Waals surface area (Å²) in [4.78, 5) is 10.8. The molecule has 1 aromatic carbocycles. The minimum atomic E-state index is -0.306. The molecule has 0 saturated heterocycles. The van der Waals surface area contributed by atoms with Crippen molar-refractivity contribution in [3.05, 3.63) is 23.8 Å². The highest BCUT2D eigenvalue weighted by Gasteiger charge is 2.17. The van der Waals surface area contributed by atoms with Gasteiger partial charge in [0.05, 0.1) is 11.4 Å². The predicted molar refractivity (Wildman–Crippen MR) is 45.1 cm³/mol. The van der Waals surface area contributed by atoms with Gasteiger partial charge < -0.3 is 11.1 Å². The highest BCUT2D eigenvalue weighted by Crippen LogP contribution is 2.27. The highest BCUT2D eigenvalue weighted by molar-refractivity contribution is 6.02. The zero-order valence-corrected chi connectivity index (χ0v) is 6.37. The Morgan fingerprint density at radius 2 is 2.33 bits per heavy atom. The molecule has 1 heterocycles. The molecule has 0 aliphatic carbocycles. The number of hydrogen-bond donors (Lipinski definition) is 2.